The second-order valence-electron chi connectivity index (χ2n) is 3.24. The molecule has 1 rings (SSSR count). The molecule has 1 nitrogen and oxygen atoms in total. The van der Waals surface area contributed by atoms with Crippen molar-refractivity contribution in [2.24, 2.45) is 0 Å². The van der Waals surface area contributed by atoms with Gasteiger partial charge in [0, 0.05) is 0 Å². The van der Waals surface area contributed by atoms with Crippen LogP contribution >= 0.6 is 23.2 Å². The van der Waals surface area contributed by atoms with Crippen molar-refractivity contribution in [3.63, 3.8) is 0 Å². The zero-order chi connectivity index (χ0) is 11.0. The van der Waals surface area contributed by atoms with Gasteiger partial charge in [0.2, 0.25) is 0 Å². The summed E-state index contributed by atoms with van der Waals surface area (Å²) in [5.74, 6) is -2.45. The van der Waals surface area contributed by atoms with Crippen LogP contribution in [-0.2, 0) is 0 Å². The third-order valence-electron chi connectivity index (χ3n) is 1.91. The normalized spacial score (nSPS) is 11.1. The molecule has 0 amide bonds. The molecule has 0 radical (unpaired) electrons. The molecule has 0 atom stereocenters. The maximum atomic E-state index is 13.1. The van der Waals surface area contributed by atoms with E-state index in [4.69, 9.17) is 28.9 Å². The largest absolute Gasteiger partial charge is 0.395 e. The zero-order valence-corrected chi connectivity index (χ0v) is 9.18. The number of halogens is 4. The molecule has 0 aliphatic carbocycles. The summed E-state index contributed by atoms with van der Waals surface area (Å²) in [5, 5.41) is -0.305. The molecular formula is C9H9Cl2F2N. The van der Waals surface area contributed by atoms with Crippen LogP contribution in [0.15, 0.2) is 0 Å². The zero-order valence-electron chi connectivity index (χ0n) is 7.67. The quantitative estimate of drug-likeness (QED) is 0.448. The van der Waals surface area contributed by atoms with E-state index >= 15 is 0 Å². The molecule has 1 aromatic rings. The van der Waals surface area contributed by atoms with Crippen molar-refractivity contribution in [1.82, 2.24) is 0 Å². The van der Waals surface area contributed by atoms with Gasteiger partial charge < -0.3 is 5.73 Å². The summed E-state index contributed by atoms with van der Waals surface area (Å²) in [5.41, 5.74) is 5.23. The minimum Gasteiger partial charge on any atom is -0.395 e. The van der Waals surface area contributed by atoms with Crippen LogP contribution in [0.2, 0.25) is 10.0 Å². The lowest BCUT2D eigenvalue weighted by Gasteiger charge is -2.14. The Kier molecular flexibility index (Phi) is 3.22. The van der Waals surface area contributed by atoms with Crippen LogP contribution in [0.5, 0.6) is 0 Å². The van der Waals surface area contributed by atoms with E-state index in [1.807, 2.05) is 0 Å². The standard InChI is InChI=1S/C9H9Cl2F2N/c1-3(2)4-5(10)7(12)8(13)9(14)6(4)11/h3H,14H2,1-2H3. The average molecular weight is 240 g/mol. The highest BCUT2D eigenvalue weighted by molar-refractivity contribution is 6.37. The van der Waals surface area contributed by atoms with Crippen molar-refractivity contribution < 1.29 is 8.78 Å². The molecule has 5 heteroatoms. The molecule has 0 heterocycles. The van der Waals surface area contributed by atoms with Crippen molar-refractivity contribution in [1.29, 1.82) is 0 Å². The molecule has 1 aromatic carbocycles. The fourth-order valence-corrected chi connectivity index (χ4v) is 2.02. The number of rotatable bonds is 1. The first-order valence-electron chi connectivity index (χ1n) is 3.99. The van der Waals surface area contributed by atoms with E-state index in [1.165, 1.54) is 0 Å². The van der Waals surface area contributed by atoms with Crippen LogP contribution in [0.25, 0.3) is 0 Å². The monoisotopic (exact) mass is 239 g/mol. The van der Waals surface area contributed by atoms with Crippen LogP contribution in [0.4, 0.5) is 14.5 Å². The summed E-state index contributed by atoms with van der Waals surface area (Å²) in [6.45, 7) is 3.54. The highest BCUT2D eigenvalue weighted by Gasteiger charge is 2.22. The van der Waals surface area contributed by atoms with Gasteiger partial charge in [0.05, 0.1) is 15.7 Å². The van der Waals surface area contributed by atoms with Crippen LogP contribution in [-0.4, -0.2) is 0 Å². The molecule has 0 fully saturated rings. The van der Waals surface area contributed by atoms with E-state index in [0.717, 1.165) is 0 Å². The van der Waals surface area contributed by atoms with E-state index in [2.05, 4.69) is 0 Å². The number of hydrogen-bond donors (Lipinski definition) is 1. The molecular weight excluding hydrogens is 231 g/mol. The van der Waals surface area contributed by atoms with E-state index < -0.39 is 17.3 Å². The maximum absolute atomic E-state index is 13.1. The summed E-state index contributed by atoms with van der Waals surface area (Å²) < 4.78 is 26.2. The molecule has 0 bridgehead atoms. The minimum absolute atomic E-state index is 0.0103. The molecule has 0 unspecified atom stereocenters. The smallest absolute Gasteiger partial charge is 0.184 e. The van der Waals surface area contributed by atoms with Gasteiger partial charge in [-0.05, 0) is 11.5 Å². The van der Waals surface area contributed by atoms with Gasteiger partial charge in [-0.1, -0.05) is 37.0 Å². The Labute approximate surface area is 90.8 Å². The Morgan fingerprint density at radius 2 is 1.57 bits per heavy atom. The van der Waals surface area contributed by atoms with E-state index in [1.54, 1.807) is 13.8 Å². The minimum atomic E-state index is -1.19. The van der Waals surface area contributed by atoms with E-state index in [-0.39, 0.29) is 16.0 Å². The molecule has 0 aromatic heterocycles. The third-order valence-corrected chi connectivity index (χ3v) is 2.69. The number of hydrogen-bond acceptors (Lipinski definition) is 1. The Bertz CT molecular complexity index is 349. The molecule has 2 N–H and O–H groups in total. The fourth-order valence-electron chi connectivity index (χ4n) is 1.18. The van der Waals surface area contributed by atoms with E-state index in [9.17, 15) is 8.78 Å². The summed E-state index contributed by atoms with van der Waals surface area (Å²) >= 11 is 11.4. The predicted octanol–water partition coefficient (Wildman–Crippen LogP) is 3.98. The van der Waals surface area contributed by atoms with Crippen LogP contribution in [0.1, 0.15) is 25.3 Å². The second kappa shape index (κ2) is 3.91. The summed E-state index contributed by atoms with van der Waals surface area (Å²) in [4.78, 5) is 0. The number of nitrogen functional groups attached to an aromatic ring is 1. The van der Waals surface area contributed by atoms with Crippen molar-refractivity contribution in [3.05, 3.63) is 27.2 Å². The first-order valence-corrected chi connectivity index (χ1v) is 4.74. The van der Waals surface area contributed by atoms with Gasteiger partial charge in [0.1, 0.15) is 0 Å². The highest BCUT2D eigenvalue weighted by atomic mass is 35.5. The Hall–Kier alpha value is -0.540. The molecule has 0 aliphatic rings. The lowest BCUT2D eigenvalue weighted by atomic mass is 10.0. The average Bonchev–Trinajstić information content (AvgIpc) is 2.11. The van der Waals surface area contributed by atoms with Crippen LogP contribution in [0.3, 0.4) is 0 Å². The number of benzene rings is 1. The lowest BCUT2D eigenvalue weighted by Crippen LogP contribution is -2.03. The number of anilines is 1. The molecule has 14 heavy (non-hydrogen) atoms. The molecule has 0 aliphatic heterocycles. The van der Waals surface area contributed by atoms with Crippen molar-refractivity contribution in [2.75, 3.05) is 5.73 Å². The van der Waals surface area contributed by atoms with Crippen LogP contribution in [0, 0.1) is 11.6 Å². The first kappa shape index (κ1) is 11.5. The van der Waals surface area contributed by atoms with E-state index in [0.29, 0.717) is 5.56 Å². The Balaban J connectivity index is 3.60. The lowest BCUT2D eigenvalue weighted by molar-refractivity contribution is 0.510. The molecule has 0 saturated carbocycles. The fraction of sp³-hybridized carbons (Fsp3) is 0.333. The van der Waals surface area contributed by atoms with Gasteiger partial charge in [0.15, 0.2) is 11.6 Å². The van der Waals surface area contributed by atoms with Crippen molar-refractivity contribution in [3.8, 4) is 0 Å². The summed E-state index contributed by atoms with van der Waals surface area (Å²) in [7, 11) is 0. The third kappa shape index (κ3) is 1.66. The second-order valence-corrected chi connectivity index (χ2v) is 3.99. The molecule has 0 saturated heterocycles. The Morgan fingerprint density at radius 1 is 1.07 bits per heavy atom. The van der Waals surface area contributed by atoms with Crippen LogP contribution < -0.4 is 5.73 Å². The van der Waals surface area contributed by atoms with Gasteiger partial charge in [-0.25, -0.2) is 8.78 Å². The predicted molar refractivity (Wildman–Crippen MR) is 54.9 cm³/mol. The van der Waals surface area contributed by atoms with Crippen molar-refractivity contribution in [2.45, 2.75) is 19.8 Å². The Morgan fingerprint density at radius 3 is 2.00 bits per heavy atom. The van der Waals surface area contributed by atoms with Crippen molar-refractivity contribution >= 4 is 28.9 Å². The topological polar surface area (TPSA) is 26.0 Å². The summed E-state index contributed by atoms with van der Waals surface area (Å²) in [6.07, 6.45) is 0. The van der Waals surface area contributed by atoms with Gasteiger partial charge >= 0.3 is 0 Å². The SMILES string of the molecule is CC(C)c1c(Cl)c(N)c(F)c(F)c1Cl. The first-order chi connectivity index (χ1) is 6.37. The molecule has 0 spiro atoms. The van der Waals surface area contributed by atoms with Gasteiger partial charge in [-0.3, -0.25) is 0 Å². The van der Waals surface area contributed by atoms with Gasteiger partial charge in [-0.15, -0.1) is 0 Å². The summed E-state index contributed by atoms with van der Waals surface area (Å²) in [6, 6.07) is 0. The molecule has 78 valence electrons. The maximum Gasteiger partial charge on any atom is 0.184 e. The van der Waals surface area contributed by atoms with Gasteiger partial charge in [0.25, 0.3) is 0 Å². The highest BCUT2D eigenvalue weighted by Crippen LogP contribution is 2.39. The number of nitrogens with two attached hydrogens (primary N) is 1. The van der Waals surface area contributed by atoms with Gasteiger partial charge in [-0.2, -0.15) is 0 Å².